The number of rotatable bonds is 4. The summed E-state index contributed by atoms with van der Waals surface area (Å²) in [6, 6.07) is 6.95. The number of hydrogen-bond donors (Lipinski definition) is 2. The van der Waals surface area contributed by atoms with Gasteiger partial charge in [-0.3, -0.25) is 9.69 Å². The molecule has 204 valence electrons. The molecule has 2 heterocycles. The number of carbonyl (C=O) groups is 1. The van der Waals surface area contributed by atoms with E-state index in [1.165, 1.54) is 24.4 Å². The van der Waals surface area contributed by atoms with E-state index in [4.69, 9.17) is 5.73 Å². The summed E-state index contributed by atoms with van der Waals surface area (Å²) in [7, 11) is 1.96. The van der Waals surface area contributed by atoms with Crippen LogP contribution in [0.1, 0.15) is 38.2 Å². The Balaban J connectivity index is 1.57. The van der Waals surface area contributed by atoms with E-state index in [0.717, 1.165) is 31.3 Å². The van der Waals surface area contributed by atoms with Gasteiger partial charge in [0.1, 0.15) is 5.82 Å². The molecule has 3 N–H and O–H groups in total. The largest absolute Gasteiger partial charge is 0.416 e. The SMILES string of the molecule is Cc1cc(F)c(C(=O)Nc2ccc(CN3CCN(C)CC3)c(C(F)(F)F)c2)cc1C#Cc1cnc(N)c(F)c1. The van der Waals surface area contributed by atoms with Crippen LogP contribution in [-0.2, 0) is 12.7 Å². The molecule has 0 radical (unpaired) electrons. The van der Waals surface area contributed by atoms with Crippen molar-refractivity contribution in [3.05, 3.63) is 87.6 Å². The molecule has 11 heteroatoms. The van der Waals surface area contributed by atoms with Crippen molar-refractivity contribution >= 4 is 17.4 Å². The summed E-state index contributed by atoms with van der Waals surface area (Å²) in [5, 5.41) is 2.36. The number of nitrogens with two attached hydrogens (primary N) is 1. The van der Waals surface area contributed by atoms with Crippen LogP contribution in [0, 0.1) is 30.4 Å². The van der Waals surface area contributed by atoms with Crippen molar-refractivity contribution in [2.24, 2.45) is 0 Å². The van der Waals surface area contributed by atoms with Crippen LogP contribution < -0.4 is 11.1 Å². The van der Waals surface area contributed by atoms with Crippen molar-refractivity contribution in [1.82, 2.24) is 14.8 Å². The lowest BCUT2D eigenvalue weighted by Crippen LogP contribution is -2.44. The van der Waals surface area contributed by atoms with Crippen molar-refractivity contribution in [2.75, 3.05) is 44.3 Å². The Kier molecular flexibility index (Phi) is 8.18. The van der Waals surface area contributed by atoms with Crippen LogP contribution in [0.4, 0.5) is 33.5 Å². The molecule has 3 aromatic rings. The van der Waals surface area contributed by atoms with Crippen molar-refractivity contribution in [3.63, 3.8) is 0 Å². The first-order valence-corrected chi connectivity index (χ1v) is 12.1. The fourth-order valence-electron chi connectivity index (χ4n) is 4.14. The molecular formula is C28H26F5N5O. The third-order valence-corrected chi connectivity index (χ3v) is 6.43. The lowest BCUT2D eigenvalue weighted by atomic mass is 10.0. The minimum Gasteiger partial charge on any atom is -0.381 e. The highest BCUT2D eigenvalue weighted by molar-refractivity contribution is 6.04. The number of carbonyl (C=O) groups excluding carboxylic acids is 1. The van der Waals surface area contributed by atoms with Gasteiger partial charge in [-0.05, 0) is 55.4 Å². The zero-order valence-corrected chi connectivity index (χ0v) is 21.3. The fourth-order valence-corrected chi connectivity index (χ4v) is 4.14. The van der Waals surface area contributed by atoms with Gasteiger partial charge in [0.15, 0.2) is 11.6 Å². The molecule has 0 aliphatic carbocycles. The Morgan fingerprint density at radius 3 is 2.44 bits per heavy atom. The van der Waals surface area contributed by atoms with Gasteiger partial charge in [-0.2, -0.15) is 13.2 Å². The van der Waals surface area contributed by atoms with Gasteiger partial charge in [0, 0.05) is 55.7 Å². The normalized spacial score (nSPS) is 14.5. The monoisotopic (exact) mass is 543 g/mol. The van der Waals surface area contributed by atoms with Crippen LogP contribution in [-0.4, -0.2) is 53.9 Å². The maximum Gasteiger partial charge on any atom is 0.416 e. The van der Waals surface area contributed by atoms with E-state index in [9.17, 15) is 26.7 Å². The summed E-state index contributed by atoms with van der Waals surface area (Å²) in [4.78, 5) is 20.6. The van der Waals surface area contributed by atoms with Crippen molar-refractivity contribution in [2.45, 2.75) is 19.6 Å². The summed E-state index contributed by atoms with van der Waals surface area (Å²) in [6.45, 7) is 4.52. The molecule has 4 rings (SSSR count). The summed E-state index contributed by atoms with van der Waals surface area (Å²) >= 11 is 0. The molecule has 2 aromatic carbocycles. The van der Waals surface area contributed by atoms with Gasteiger partial charge in [-0.15, -0.1) is 0 Å². The number of aryl methyl sites for hydroxylation is 1. The standard InChI is InChI=1S/C28H26F5N5O/c1-17-11-24(29)22(13-19(17)4-3-18-12-25(30)26(34)35-15-18)27(39)36-21-6-5-20(23(14-21)28(31,32)33)16-38-9-7-37(2)8-10-38/h5-6,11-15H,7-10,16H2,1-2H3,(H2,34,35)(H,36,39). The van der Waals surface area contributed by atoms with Crippen LogP contribution in [0.25, 0.3) is 0 Å². The number of nitrogens with zero attached hydrogens (tertiary/aromatic N) is 3. The van der Waals surface area contributed by atoms with Gasteiger partial charge < -0.3 is 16.0 Å². The predicted octanol–water partition coefficient (Wildman–Crippen LogP) is 4.67. The third-order valence-electron chi connectivity index (χ3n) is 6.43. The molecule has 0 bridgehead atoms. The van der Waals surface area contributed by atoms with Gasteiger partial charge in [-0.25, -0.2) is 13.8 Å². The molecule has 1 aromatic heterocycles. The highest BCUT2D eigenvalue weighted by Gasteiger charge is 2.34. The van der Waals surface area contributed by atoms with Crippen molar-refractivity contribution in [3.8, 4) is 11.8 Å². The zero-order valence-electron chi connectivity index (χ0n) is 21.3. The minimum absolute atomic E-state index is 0.0951. The molecule has 0 atom stereocenters. The first-order chi connectivity index (χ1) is 18.4. The summed E-state index contributed by atoms with van der Waals surface area (Å²) < 4.78 is 70.0. The molecule has 1 aliphatic rings. The smallest absolute Gasteiger partial charge is 0.381 e. The van der Waals surface area contributed by atoms with Gasteiger partial charge in [0.05, 0.1) is 11.1 Å². The molecule has 0 saturated carbocycles. The van der Waals surface area contributed by atoms with Crippen LogP contribution in [0.5, 0.6) is 0 Å². The van der Waals surface area contributed by atoms with E-state index < -0.39 is 34.8 Å². The number of pyridine rings is 1. The topological polar surface area (TPSA) is 74.5 Å². The first-order valence-electron chi connectivity index (χ1n) is 12.1. The molecule has 0 unspecified atom stereocenters. The first kappa shape index (κ1) is 28.0. The number of piperazine rings is 1. The van der Waals surface area contributed by atoms with Gasteiger partial charge >= 0.3 is 6.18 Å². The summed E-state index contributed by atoms with van der Waals surface area (Å²) in [5.74, 6) is 2.60. The van der Waals surface area contributed by atoms with E-state index in [1.807, 2.05) is 11.9 Å². The molecule has 0 spiro atoms. The highest BCUT2D eigenvalue weighted by Crippen LogP contribution is 2.35. The Morgan fingerprint density at radius 1 is 1.05 bits per heavy atom. The third kappa shape index (κ3) is 6.90. The predicted molar refractivity (Wildman–Crippen MR) is 138 cm³/mol. The lowest BCUT2D eigenvalue weighted by molar-refractivity contribution is -0.138. The molecule has 1 saturated heterocycles. The number of likely N-dealkylation sites (N-methyl/N-ethyl adjacent to an activating group) is 1. The Bertz CT molecular complexity index is 1450. The van der Waals surface area contributed by atoms with E-state index in [2.05, 4.69) is 27.0 Å². The van der Waals surface area contributed by atoms with Gasteiger partial charge in [0.2, 0.25) is 0 Å². The maximum absolute atomic E-state index is 14.7. The molecule has 1 amide bonds. The quantitative estimate of drug-likeness (QED) is 0.370. The second kappa shape index (κ2) is 11.4. The fraction of sp³-hybridized carbons (Fsp3) is 0.286. The number of nitrogen functional groups attached to an aromatic ring is 1. The van der Waals surface area contributed by atoms with Crippen LogP contribution in [0.3, 0.4) is 0 Å². The number of alkyl halides is 3. The van der Waals surface area contributed by atoms with E-state index in [1.54, 1.807) is 6.92 Å². The van der Waals surface area contributed by atoms with Crippen molar-refractivity contribution in [1.29, 1.82) is 0 Å². The molecule has 1 fully saturated rings. The minimum atomic E-state index is -4.64. The van der Waals surface area contributed by atoms with Crippen LogP contribution in [0.2, 0.25) is 0 Å². The number of halogens is 5. The second-order valence-electron chi connectivity index (χ2n) is 9.39. The Hall–Kier alpha value is -4.01. The Labute approximate surface area is 222 Å². The van der Waals surface area contributed by atoms with Gasteiger partial charge in [-0.1, -0.05) is 17.9 Å². The molecular weight excluding hydrogens is 517 g/mol. The average Bonchev–Trinajstić information content (AvgIpc) is 2.87. The lowest BCUT2D eigenvalue weighted by Gasteiger charge is -2.33. The van der Waals surface area contributed by atoms with Crippen LogP contribution in [0.15, 0.2) is 42.6 Å². The van der Waals surface area contributed by atoms with E-state index in [0.29, 0.717) is 18.7 Å². The maximum atomic E-state index is 14.7. The summed E-state index contributed by atoms with van der Waals surface area (Å²) in [6.07, 6.45) is -3.37. The average molecular weight is 544 g/mol. The van der Waals surface area contributed by atoms with E-state index in [-0.39, 0.29) is 34.7 Å². The number of hydrogen-bond acceptors (Lipinski definition) is 5. The number of nitrogens with one attached hydrogen (secondary N) is 1. The highest BCUT2D eigenvalue weighted by atomic mass is 19.4. The second-order valence-corrected chi connectivity index (χ2v) is 9.39. The molecule has 1 aliphatic heterocycles. The number of amides is 1. The number of anilines is 2. The number of aromatic nitrogens is 1. The zero-order chi connectivity index (χ0) is 28.3. The van der Waals surface area contributed by atoms with Gasteiger partial charge in [0.25, 0.3) is 5.91 Å². The van der Waals surface area contributed by atoms with Crippen LogP contribution >= 0.6 is 0 Å². The Morgan fingerprint density at radius 2 is 1.77 bits per heavy atom. The molecule has 39 heavy (non-hydrogen) atoms. The van der Waals surface area contributed by atoms with E-state index >= 15 is 0 Å². The van der Waals surface area contributed by atoms with Crippen molar-refractivity contribution < 1.29 is 26.7 Å². The number of benzene rings is 2. The molecule has 6 nitrogen and oxygen atoms in total. The summed E-state index contributed by atoms with van der Waals surface area (Å²) in [5.41, 5.74) is 4.97.